The lowest BCUT2D eigenvalue weighted by Gasteiger charge is -2.12. The number of carbonyl (C=O) groups excluding carboxylic acids is 1. The van der Waals surface area contributed by atoms with Gasteiger partial charge in [0.05, 0.1) is 0 Å². The molecule has 0 aliphatic heterocycles. The standard InChI is InChI=1S/C17H20ClNO3/c1-3-17(4-2)10-12(17)15(20)19-14(16(21)22)9-11-7-5-6-8-13(11)18/h5-9,12H,3-4,10H2,1-2H3,(H,19,20)(H,21,22)/b14-9-. The average Bonchev–Trinajstić information content (AvgIpc) is 3.24. The van der Waals surface area contributed by atoms with E-state index in [0.717, 1.165) is 19.3 Å². The number of amides is 1. The monoisotopic (exact) mass is 321 g/mol. The summed E-state index contributed by atoms with van der Waals surface area (Å²) in [5.74, 6) is -1.49. The Morgan fingerprint density at radius 3 is 2.50 bits per heavy atom. The van der Waals surface area contributed by atoms with Crippen molar-refractivity contribution in [2.24, 2.45) is 11.3 Å². The number of aliphatic carboxylic acids is 1. The third-order valence-corrected chi connectivity index (χ3v) is 4.95. The van der Waals surface area contributed by atoms with Gasteiger partial charge in [-0.25, -0.2) is 4.79 Å². The predicted octanol–water partition coefficient (Wildman–Crippen LogP) is 3.71. The summed E-state index contributed by atoms with van der Waals surface area (Å²) in [6.45, 7) is 4.13. The first-order valence-electron chi connectivity index (χ1n) is 7.44. The van der Waals surface area contributed by atoms with Crippen LogP contribution in [0.3, 0.4) is 0 Å². The molecule has 4 nitrogen and oxygen atoms in total. The van der Waals surface area contributed by atoms with Crippen LogP contribution in [-0.4, -0.2) is 17.0 Å². The molecule has 1 fully saturated rings. The van der Waals surface area contributed by atoms with Crippen molar-refractivity contribution in [1.29, 1.82) is 0 Å². The fraction of sp³-hybridized carbons (Fsp3) is 0.412. The summed E-state index contributed by atoms with van der Waals surface area (Å²) >= 11 is 6.02. The van der Waals surface area contributed by atoms with Crippen molar-refractivity contribution in [3.8, 4) is 0 Å². The number of rotatable bonds is 6. The molecular formula is C17H20ClNO3. The number of carbonyl (C=O) groups is 2. The van der Waals surface area contributed by atoms with Crippen molar-refractivity contribution in [3.05, 3.63) is 40.5 Å². The molecule has 1 saturated carbocycles. The molecule has 5 heteroatoms. The molecule has 0 radical (unpaired) electrons. The first-order chi connectivity index (χ1) is 10.4. The summed E-state index contributed by atoms with van der Waals surface area (Å²) < 4.78 is 0. The Hall–Kier alpha value is -1.81. The maximum atomic E-state index is 12.3. The maximum Gasteiger partial charge on any atom is 0.352 e. The minimum absolute atomic E-state index is 0.0398. The average molecular weight is 322 g/mol. The van der Waals surface area contributed by atoms with Gasteiger partial charge >= 0.3 is 5.97 Å². The number of halogens is 1. The molecule has 0 aromatic heterocycles. The lowest BCUT2D eigenvalue weighted by Crippen LogP contribution is -2.30. The summed E-state index contributed by atoms with van der Waals surface area (Å²) in [5.41, 5.74) is 0.457. The normalized spacial score (nSPS) is 19.6. The SMILES string of the molecule is CCC1(CC)CC1C(=O)N/C(=C\c1ccccc1Cl)C(=O)O. The molecule has 1 amide bonds. The van der Waals surface area contributed by atoms with Crippen LogP contribution in [0.15, 0.2) is 30.0 Å². The van der Waals surface area contributed by atoms with Crippen molar-refractivity contribution < 1.29 is 14.7 Å². The fourth-order valence-corrected chi connectivity index (χ4v) is 3.06. The van der Waals surface area contributed by atoms with Gasteiger partial charge < -0.3 is 10.4 Å². The molecule has 2 N–H and O–H groups in total. The highest BCUT2D eigenvalue weighted by atomic mass is 35.5. The van der Waals surface area contributed by atoms with E-state index in [9.17, 15) is 14.7 Å². The minimum Gasteiger partial charge on any atom is -0.477 e. The third-order valence-electron chi connectivity index (χ3n) is 4.61. The number of carboxylic acid groups (broad SMARTS) is 1. The summed E-state index contributed by atoms with van der Waals surface area (Å²) in [6, 6.07) is 6.91. The molecule has 22 heavy (non-hydrogen) atoms. The Morgan fingerprint density at radius 2 is 2.00 bits per heavy atom. The van der Waals surface area contributed by atoms with Gasteiger partial charge in [-0.2, -0.15) is 0 Å². The van der Waals surface area contributed by atoms with Crippen LogP contribution in [0.2, 0.25) is 5.02 Å². The van der Waals surface area contributed by atoms with Gasteiger partial charge in [-0.05, 0) is 42.4 Å². The molecule has 1 aliphatic rings. The van der Waals surface area contributed by atoms with E-state index in [1.54, 1.807) is 24.3 Å². The lowest BCUT2D eigenvalue weighted by molar-refractivity contribution is -0.134. The fourth-order valence-electron chi connectivity index (χ4n) is 2.87. The number of hydrogen-bond donors (Lipinski definition) is 2. The van der Waals surface area contributed by atoms with E-state index >= 15 is 0 Å². The van der Waals surface area contributed by atoms with Gasteiger partial charge in [0, 0.05) is 10.9 Å². The van der Waals surface area contributed by atoms with Gasteiger partial charge in [0.25, 0.3) is 0 Å². The first-order valence-corrected chi connectivity index (χ1v) is 7.81. The van der Waals surface area contributed by atoms with E-state index < -0.39 is 5.97 Å². The number of benzene rings is 1. The second-order valence-electron chi connectivity index (χ2n) is 5.70. The highest BCUT2D eigenvalue weighted by molar-refractivity contribution is 6.32. The zero-order valence-electron chi connectivity index (χ0n) is 12.7. The van der Waals surface area contributed by atoms with E-state index in [0.29, 0.717) is 10.6 Å². The van der Waals surface area contributed by atoms with Crippen molar-refractivity contribution in [2.75, 3.05) is 0 Å². The molecule has 0 spiro atoms. The van der Waals surface area contributed by atoms with Gasteiger partial charge in [-0.1, -0.05) is 43.6 Å². The first kappa shape index (κ1) is 16.6. The van der Waals surface area contributed by atoms with E-state index in [1.165, 1.54) is 6.08 Å². The molecule has 1 aromatic carbocycles. The number of carboxylic acids is 1. The molecule has 1 aliphatic carbocycles. The summed E-state index contributed by atoms with van der Waals surface area (Å²) in [5, 5.41) is 12.3. The maximum absolute atomic E-state index is 12.3. The molecule has 0 saturated heterocycles. The summed E-state index contributed by atoms with van der Waals surface area (Å²) in [6.07, 6.45) is 4.08. The van der Waals surface area contributed by atoms with Gasteiger partial charge in [-0.3, -0.25) is 4.79 Å². The van der Waals surface area contributed by atoms with Crippen molar-refractivity contribution in [3.63, 3.8) is 0 Å². The minimum atomic E-state index is -1.17. The zero-order chi connectivity index (χ0) is 16.3. The Kier molecular flexibility index (Phi) is 4.91. The number of hydrogen-bond acceptors (Lipinski definition) is 2. The van der Waals surface area contributed by atoms with Gasteiger partial charge in [0.15, 0.2) is 0 Å². The third kappa shape index (κ3) is 3.33. The number of nitrogens with one attached hydrogen (secondary N) is 1. The zero-order valence-corrected chi connectivity index (χ0v) is 13.5. The Bertz CT molecular complexity index is 620. The molecule has 1 aromatic rings. The molecule has 0 bridgehead atoms. The Labute approximate surface area is 135 Å². The molecular weight excluding hydrogens is 302 g/mol. The second-order valence-corrected chi connectivity index (χ2v) is 6.11. The largest absolute Gasteiger partial charge is 0.477 e. The van der Waals surface area contributed by atoms with Crippen LogP contribution in [0.1, 0.15) is 38.7 Å². The van der Waals surface area contributed by atoms with Crippen LogP contribution in [-0.2, 0) is 9.59 Å². The van der Waals surface area contributed by atoms with Crippen molar-refractivity contribution in [1.82, 2.24) is 5.32 Å². The topological polar surface area (TPSA) is 66.4 Å². The van der Waals surface area contributed by atoms with E-state index in [4.69, 9.17) is 11.6 Å². The van der Waals surface area contributed by atoms with Crippen LogP contribution in [0, 0.1) is 11.3 Å². The highest BCUT2D eigenvalue weighted by Gasteiger charge is 2.55. The second kappa shape index (κ2) is 6.53. The van der Waals surface area contributed by atoms with Crippen LogP contribution in [0.5, 0.6) is 0 Å². The van der Waals surface area contributed by atoms with Crippen LogP contribution in [0.4, 0.5) is 0 Å². The van der Waals surface area contributed by atoms with E-state index in [2.05, 4.69) is 19.2 Å². The van der Waals surface area contributed by atoms with Crippen LogP contribution in [0.25, 0.3) is 6.08 Å². The van der Waals surface area contributed by atoms with Gasteiger partial charge in [0.2, 0.25) is 5.91 Å². The van der Waals surface area contributed by atoms with Crippen LogP contribution >= 0.6 is 11.6 Å². The molecule has 0 heterocycles. The highest BCUT2D eigenvalue weighted by Crippen LogP contribution is 2.57. The summed E-state index contributed by atoms with van der Waals surface area (Å²) in [7, 11) is 0. The Morgan fingerprint density at radius 1 is 1.36 bits per heavy atom. The smallest absolute Gasteiger partial charge is 0.352 e. The van der Waals surface area contributed by atoms with Gasteiger partial charge in [0.1, 0.15) is 5.70 Å². The van der Waals surface area contributed by atoms with Gasteiger partial charge in [-0.15, -0.1) is 0 Å². The summed E-state index contributed by atoms with van der Waals surface area (Å²) in [4.78, 5) is 23.6. The molecule has 1 atom stereocenters. The Balaban J connectivity index is 2.16. The quantitative estimate of drug-likeness (QED) is 0.785. The lowest BCUT2D eigenvalue weighted by atomic mass is 9.96. The molecule has 1 unspecified atom stereocenters. The van der Waals surface area contributed by atoms with Crippen LogP contribution < -0.4 is 5.32 Å². The predicted molar refractivity (Wildman–Crippen MR) is 86.3 cm³/mol. The van der Waals surface area contributed by atoms with E-state index in [1.807, 2.05) is 0 Å². The van der Waals surface area contributed by atoms with E-state index in [-0.39, 0.29) is 22.9 Å². The molecule has 118 valence electrons. The van der Waals surface area contributed by atoms with Crippen molar-refractivity contribution >= 4 is 29.6 Å². The molecule has 2 rings (SSSR count). The van der Waals surface area contributed by atoms with Crippen molar-refractivity contribution in [2.45, 2.75) is 33.1 Å².